The van der Waals surface area contributed by atoms with Gasteiger partial charge in [-0.05, 0) is 49.1 Å². The van der Waals surface area contributed by atoms with E-state index in [4.69, 9.17) is 16.3 Å². The molecule has 2 fully saturated rings. The molecular weight excluding hydrogens is 348 g/mol. The van der Waals surface area contributed by atoms with Gasteiger partial charge in [0.1, 0.15) is 5.02 Å². The van der Waals surface area contributed by atoms with Crippen molar-refractivity contribution in [3.63, 3.8) is 0 Å². The fraction of sp³-hybridized carbons (Fsp3) is 0.529. The predicted molar refractivity (Wildman–Crippen MR) is 91.3 cm³/mol. The van der Waals surface area contributed by atoms with Crippen LogP contribution >= 0.6 is 11.6 Å². The monoisotopic (exact) mass is 366 g/mol. The Balaban J connectivity index is 1.45. The van der Waals surface area contributed by atoms with Crippen LogP contribution in [0.5, 0.6) is 0 Å². The van der Waals surface area contributed by atoms with Crippen molar-refractivity contribution in [2.75, 3.05) is 11.9 Å². The molecule has 0 unspecified atom stereocenters. The number of fused-ring (bicyclic) bond motifs is 2. The van der Waals surface area contributed by atoms with Gasteiger partial charge in [-0.2, -0.15) is 0 Å². The Hall–Kier alpha value is -2.15. The quantitative estimate of drug-likeness (QED) is 0.471. The summed E-state index contributed by atoms with van der Waals surface area (Å²) in [5.74, 6) is 0.855. The van der Waals surface area contributed by atoms with Crippen molar-refractivity contribution in [1.29, 1.82) is 0 Å². The number of esters is 1. The first-order valence-corrected chi connectivity index (χ1v) is 8.69. The van der Waals surface area contributed by atoms with E-state index in [0.717, 1.165) is 18.4 Å². The van der Waals surface area contributed by atoms with E-state index < -0.39 is 17.4 Å². The van der Waals surface area contributed by atoms with Crippen LogP contribution in [0.1, 0.15) is 32.1 Å². The Morgan fingerprint density at radius 1 is 1.32 bits per heavy atom. The second kappa shape index (κ2) is 7.39. The van der Waals surface area contributed by atoms with Gasteiger partial charge in [0.15, 0.2) is 6.61 Å². The standard InChI is InChI=1S/C17H19ClN2O5/c18-14-4-3-13(8-15(14)20(23)24)19-16(21)9-25-17(22)7-12-6-10-1-2-11(12)5-10/h3-4,8,10-12H,1-2,5-7,9H2,(H,19,21)/t10-,11+,12+/m0/s1. The molecule has 25 heavy (non-hydrogen) atoms. The second-order valence-electron chi connectivity index (χ2n) is 6.77. The highest BCUT2D eigenvalue weighted by molar-refractivity contribution is 6.32. The molecule has 3 atom stereocenters. The lowest BCUT2D eigenvalue weighted by molar-refractivity contribution is -0.384. The van der Waals surface area contributed by atoms with E-state index in [1.807, 2.05) is 0 Å². The number of ether oxygens (including phenoxy) is 1. The Morgan fingerprint density at radius 3 is 2.76 bits per heavy atom. The third kappa shape index (κ3) is 4.28. The van der Waals surface area contributed by atoms with Crippen molar-refractivity contribution in [1.82, 2.24) is 0 Å². The van der Waals surface area contributed by atoms with Crippen LogP contribution in [-0.4, -0.2) is 23.4 Å². The predicted octanol–water partition coefficient (Wildman–Crippen LogP) is 3.56. The first-order chi connectivity index (χ1) is 11.9. The van der Waals surface area contributed by atoms with E-state index in [-0.39, 0.29) is 22.4 Å². The van der Waals surface area contributed by atoms with Crippen LogP contribution in [0.4, 0.5) is 11.4 Å². The van der Waals surface area contributed by atoms with E-state index in [1.54, 1.807) is 0 Å². The van der Waals surface area contributed by atoms with Gasteiger partial charge in [-0.3, -0.25) is 19.7 Å². The van der Waals surface area contributed by atoms with Crippen LogP contribution in [-0.2, 0) is 14.3 Å². The number of benzene rings is 1. The Morgan fingerprint density at radius 2 is 2.12 bits per heavy atom. The highest BCUT2D eigenvalue weighted by atomic mass is 35.5. The highest BCUT2D eigenvalue weighted by Gasteiger charge is 2.40. The summed E-state index contributed by atoms with van der Waals surface area (Å²) >= 11 is 5.71. The number of halogens is 1. The number of rotatable bonds is 6. The largest absolute Gasteiger partial charge is 0.456 e. The summed E-state index contributed by atoms with van der Waals surface area (Å²) < 4.78 is 5.04. The van der Waals surface area contributed by atoms with Gasteiger partial charge < -0.3 is 10.1 Å². The van der Waals surface area contributed by atoms with Crippen molar-refractivity contribution in [3.05, 3.63) is 33.3 Å². The normalized spacial score (nSPS) is 24.1. The Labute approximate surface area is 149 Å². The molecule has 3 rings (SSSR count). The number of nitro benzene ring substituents is 1. The number of carbonyl (C=O) groups excluding carboxylic acids is 2. The number of nitro groups is 1. The van der Waals surface area contributed by atoms with Gasteiger partial charge in [-0.15, -0.1) is 0 Å². The van der Waals surface area contributed by atoms with Gasteiger partial charge in [0.25, 0.3) is 11.6 Å². The summed E-state index contributed by atoms with van der Waals surface area (Å²) in [4.78, 5) is 34.0. The van der Waals surface area contributed by atoms with Gasteiger partial charge >= 0.3 is 5.97 Å². The van der Waals surface area contributed by atoms with E-state index >= 15 is 0 Å². The lowest BCUT2D eigenvalue weighted by Crippen LogP contribution is -2.23. The number of nitrogens with zero attached hydrogens (tertiary/aromatic N) is 1. The van der Waals surface area contributed by atoms with Crippen molar-refractivity contribution < 1.29 is 19.2 Å². The lowest BCUT2D eigenvalue weighted by atomic mass is 9.86. The van der Waals surface area contributed by atoms with E-state index in [1.165, 1.54) is 31.4 Å². The molecule has 1 aromatic carbocycles. The zero-order valence-electron chi connectivity index (χ0n) is 13.6. The van der Waals surface area contributed by atoms with Crippen molar-refractivity contribution >= 4 is 34.9 Å². The van der Waals surface area contributed by atoms with Crippen LogP contribution in [0.3, 0.4) is 0 Å². The van der Waals surface area contributed by atoms with E-state index in [9.17, 15) is 19.7 Å². The van der Waals surface area contributed by atoms with Gasteiger partial charge in [0.05, 0.1) is 4.92 Å². The molecule has 0 saturated heterocycles. The van der Waals surface area contributed by atoms with E-state index in [2.05, 4.69) is 5.32 Å². The zero-order chi connectivity index (χ0) is 18.0. The number of hydrogen-bond acceptors (Lipinski definition) is 5. The van der Waals surface area contributed by atoms with Crippen molar-refractivity contribution in [2.45, 2.75) is 32.1 Å². The molecule has 0 heterocycles. The number of carbonyl (C=O) groups is 2. The molecule has 2 aliphatic rings. The number of nitrogens with one attached hydrogen (secondary N) is 1. The minimum Gasteiger partial charge on any atom is -0.456 e. The molecule has 7 nitrogen and oxygen atoms in total. The fourth-order valence-electron chi connectivity index (χ4n) is 3.97. The molecule has 8 heteroatoms. The maximum Gasteiger partial charge on any atom is 0.306 e. The summed E-state index contributed by atoms with van der Waals surface area (Å²) in [6.45, 7) is -0.407. The van der Waals surface area contributed by atoms with Crippen LogP contribution in [0.15, 0.2) is 18.2 Å². The first-order valence-electron chi connectivity index (χ1n) is 8.31. The number of anilines is 1. The summed E-state index contributed by atoms with van der Waals surface area (Å²) in [6.07, 6.45) is 5.12. The topological polar surface area (TPSA) is 98.5 Å². The van der Waals surface area contributed by atoms with Gasteiger partial charge in [0, 0.05) is 18.2 Å². The van der Waals surface area contributed by atoms with Crippen LogP contribution in [0, 0.1) is 27.9 Å². The SMILES string of the molecule is O=C(COC(=O)C[C@H]1C[C@H]2CC[C@@H]1C2)Nc1ccc(Cl)c([N+](=O)[O-])c1. The third-order valence-electron chi connectivity index (χ3n) is 5.10. The summed E-state index contributed by atoms with van der Waals surface area (Å²) in [6, 6.07) is 3.94. The fourth-order valence-corrected chi connectivity index (χ4v) is 4.16. The first kappa shape index (κ1) is 17.7. The van der Waals surface area contributed by atoms with Crippen LogP contribution in [0.25, 0.3) is 0 Å². The van der Waals surface area contributed by atoms with Crippen LogP contribution < -0.4 is 5.32 Å². The van der Waals surface area contributed by atoms with Gasteiger partial charge in [-0.1, -0.05) is 18.0 Å². The molecule has 0 spiro atoms. The smallest absolute Gasteiger partial charge is 0.306 e. The summed E-state index contributed by atoms with van der Waals surface area (Å²) in [5, 5.41) is 13.3. The zero-order valence-corrected chi connectivity index (χ0v) is 14.3. The number of hydrogen-bond donors (Lipinski definition) is 1. The van der Waals surface area contributed by atoms with Crippen LogP contribution in [0.2, 0.25) is 5.02 Å². The molecular formula is C17H19ClN2O5. The van der Waals surface area contributed by atoms with E-state index in [0.29, 0.717) is 18.3 Å². The lowest BCUT2D eigenvalue weighted by Gasteiger charge is -2.20. The number of amides is 1. The average Bonchev–Trinajstić information content (AvgIpc) is 3.17. The van der Waals surface area contributed by atoms with Crippen molar-refractivity contribution in [2.24, 2.45) is 17.8 Å². The molecule has 0 aromatic heterocycles. The average molecular weight is 367 g/mol. The molecule has 1 N–H and O–H groups in total. The van der Waals surface area contributed by atoms with Gasteiger partial charge in [-0.25, -0.2) is 0 Å². The summed E-state index contributed by atoms with van der Waals surface area (Å²) in [7, 11) is 0. The molecule has 0 radical (unpaired) electrons. The highest BCUT2D eigenvalue weighted by Crippen LogP contribution is 2.49. The molecule has 2 aliphatic carbocycles. The molecule has 2 saturated carbocycles. The minimum atomic E-state index is -0.632. The second-order valence-corrected chi connectivity index (χ2v) is 7.18. The van der Waals surface area contributed by atoms with Gasteiger partial charge in [0.2, 0.25) is 0 Å². The van der Waals surface area contributed by atoms with Crippen molar-refractivity contribution in [3.8, 4) is 0 Å². The molecule has 2 bridgehead atoms. The minimum absolute atomic E-state index is 0.0136. The maximum absolute atomic E-state index is 11.9. The molecule has 0 aliphatic heterocycles. The maximum atomic E-state index is 11.9. The Bertz CT molecular complexity index is 708. The Kier molecular flexibility index (Phi) is 5.22. The third-order valence-corrected chi connectivity index (χ3v) is 5.42. The molecule has 134 valence electrons. The molecule has 1 aromatic rings. The molecule has 1 amide bonds. The summed E-state index contributed by atoms with van der Waals surface area (Å²) in [5.41, 5.74) is -0.0713.